The largest absolute Gasteiger partial charge is 0.372 e. The highest BCUT2D eigenvalue weighted by Crippen LogP contribution is 2.17. The zero-order valence-electron chi connectivity index (χ0n) is 16.3. The van der Waals surface area contributed by atoms with Crippen molar-refractivity contribution in [3.63, 3.8) is 0 Å². The summed E-state index contributed by atoms with van der Waals surface area (Å²) in [6.07, 6.45) is 0. The van der Waals surface area contributed by atoms with Gasteiger partial charge in [0.1, 0.15) is 0 Å². The molecule has 2 N–H and O–H groups in total. The molecule has 0 aliphatic rings. The van der Waals surface area contributed by atoms with Crippen molar-refractivity contribution in [2.45, 2.75) is 33.2 Å². The Morgan fingerprint density at radius 3 is 2.31 bits per heavy atom. The van der Waals surface area contributed by atoms with Crippen LogP contribution in [0.25, 0.3) is 0 Å². The molecular weight excluding hydrogens is 384 g/mol. The summed E-state index contributed by atoms with van der Waals surface area (Å²) >= 11 is 1.38. The molecule has 6 heteroatoms. The van der Waals surface area contributed by atoms with E-state index in [1.165, 1.54) is 18.3 Å². The minimum absolute atomic E-state index is 0.0875. The van der Waals surface area contributed by atoms with Gasteiger partial charge >= 0.3 is 0 Å². The molecular formula is C23H24N2O3S. The number of hydrogen-bond donors (Lipinski definition) is 2. The van der Waals surface area contributed by atoms with Crippen LogP contribution in [0.2, 0.25) is 0 Å². The zero-order valence-corrected chi connectivity index (χ0v) is 17.1. The number of amides is 2. The van der Waals surface area contributed by atoms with E-state index in [0.29, 0.717) is 31.2 Å². The van der Waals surface area contributed by atoms with E-state index >= 15 is 0 Å². The molecule has 0 atom stereocenters. The summed E-state index contributed by atoms with van der Waals surface area (Å²) in [7, 11) is 0. The quantitative estimate of drug-likeness (QED) is 0.562. The van der Waals surface area contributed by atoms with Crippen molar-refractivity contribution in [3.05, 3.63) is 93.2 Å². The molecule has 2 amide bonds. The number of carbonyl (C=O) groups is 2. The van der Waals surface area contributed by atoms with Crippen LogP contribution in [0.15, 0.2) is 66.7 Å². The summed E-state index contributed by atoms with van der Waals surface area (Å²) in [6.45, 7) is 3.38. The first-order chi connectivity index (χ1) is 14.1. The monoisotopic (exact) mass is 408 g/mol. The first-order valence-corrected chi connectivity index (χ1v) is 10.2. The van der Waals surface area contributed by atoms with Crippen molar-refractivity contribution in [1.29, 1.82) is 0 Å². The van der Waals surface area contributed by atoms with Gasteiger partial charge in [-0.05, 0) is 28.8 Å². The minimum Gasteiger partial charge on any atom is -0.372 e. The first-order valence-electron chi connectivity index (χ1n) is 9.41. The number of nitrogens with one attached hydrogen (secondary N) is 2. The van der Waals surface area contributed by atoms with E-state index in [9.17, 15) is 9.59 Å². The van der Waals surface area contributed by atoms with Crippen molar-refractivity contribution < 1.29 is 14.3 Å². The molecule has 1 heterocycles. The van der Waals surface area contributed by atoms with Crippen LogP contribution in [-0.4, -0.2) is 11.8 Å². The fraction of sp³-hybridized carbons (Fsp3) is 0.217. The predicted molar refractivity (Wildman–Crippen MR) is 114 cm³/mol. The van der Waals surface area contributed by atoms with Crippen molar-refractivity contribution in [2.75, 3.05) is 0 Å². The fourth-order valence-corrected chi connectivity index (χ4v) is 3.66. The van der Waals surface area contributed by atoms with Gasteiger partial charge in [-0.2, -0.15) is 0 Å². The summed E-state index contributed by atoms with van der Waals surface area (Å²) in [5.74, 6) is -0.209. The number of benzene rings is 2. The fourth-order valence-electron chi connectivity index (χ4n) is 2.79. The van der Waals surface area contributed by atoms with Crippen molar-refractivity contribution in [1.82, 2.24) is 10.6 Å². The molecule has 150 valence electrons. The molecule has 0 bridgehead atoms. The van der Waals surface area contributed by atoms with Gasteiger partial charge in [0.2, 0.25) is 5.91 Å². The highest BCUT2D eigenvalue weighted by atomic mass is 32.1. The third-order valence-electron chi connectivity index (χ3n) is 4.32. The number of ether oxygens (including phenoxy) is 1. The molecule has 0 radical (unpaired) electrons. The van der Waals surface area contributed by atoms with Gasteiger partial charge in [0, 0.05) is 18.3 Å². The van der Waals surface area contributed by atoms with Gasteiger partial charge in [-0.15, -0.1) is 11.3 Å². The van der Waals surface area contributed by atoms with Crippen LogP contribution in [0, 0.1) is 0 Å². The Bertz CT molecular complexity index is 954. The highest BCUT2D eigenvalue weighted by Gasteiger charge is 2.10. The van der Waals surface area contributed by atoms with Crippen LogP contribution < -0.4 is 10.6 Å². The van der Waals surface area contributed by atoms with Crippen LogP contribution in [0.1, 0.15) is 38.2 Å². The van der Waals surface area contributed by atoms with Crippen molar-refractivity contribution in [2.24, 2.45) is 0 Å². The topological polar surface area (TPSA) is 67.4 Å². The van der Waals surface area contributed by atoms with E-state index in [1.807, 2.05) is 60.7 Å². The van der Waals surface area contributed by atoms with E-state index in [1.54, 1.807) is 6.07 Å². The lowest BCUT2D eigenvalue weighted by Crippen LogP contribution is -2.22. The molecule has 0 fully saturated rings. The number of carbonyl (C=O) groups excluding carboxylic acids is 2. The Morgan fingerprint density at radius 1 is 0.828 bits per heavy atom. The van der Waals surface area contributed by atoms with Gasteiger partial charge in [0.05, 0.1) is 24.6 Å². The average molecular weight is 409 g/mol. The normalized spacial score (nSPS) is 10.5. The smallest absolute Gasteiger partial charge is 0.261 e. The summed E-state index contributed by atoms with van der Waals surface area (Å²) in [4.78, 5) is 25.0. The lowest BCUT2D eigenvalue weighted by Gasteiger charge is -2.11. The Morgan fingerprint density at radius 2 is 1.55 bits per heavy atom. The SMILES string of the molecule is CC(=O)NCc1ccc(C(=O)NCc2ccccc2COCc2ccccc2)s1. The van der Waals surface area contributed by atoms with Crippen molar-refractivity contribution >= 4 is 23.2 Å². The molecule has 5 nitrogen and oxygen atoms in total. The van der Waals surface area contributed by atoms with Gasteiger partial charge in [-0.25, -0.2) is 0 Å². The second-order valence-corrected chi connectivity index (χ2v) is 7.77. The number of rotatable bonds is 9. The molecule has 0 saturated heterocycles. The second-order valence-electron chi connectivity index (χ2n) is 6.61. The minimum atomic E-state index is -0.121. The number of thiophene rings is 1. The van der Waals surface area contributed by atoms with Crippen LogP contribution in [0.3, 0.4) is 0 Å². The van der Waals surface area contributed by atoms with E-state index in [4.69, 9.17) is 4.74 Å². The molecule has 0 saturated carbocycles. The lowest BCUT2D eigenvalue weighted by molar-refractivity contribution is -0.119. The first kappa shape index (κ1) is 20.8. The van der Waals surface area contributed by atoms with Gasteiger partial charge < -0.3 is 15.4 Å². The Hall–Kier alpha value is -2.96. The average Bonchev–Trinajstić information content (AvgIpc) is 3.21. The summed E-state index contributed by atoms with van der Waals surface area (Å²) in [6, 6.07) is 21.6. The van der Waals surface area contributed by atoms with E-state index in [-0.39, 0.29) is 11.8 Å². The van der Waals surface area contributed by atoms with E-state index in [0.717, 1.165) is 21.6 Å². The second kappa shape index (κ2) is 10.5. The van der Waals surface area contributed by atoms with Crippen LogP contribution in [0.5, 0.6) is 0 Å². The standard InChI is InChI=1S/C23H24N2O3S/c1-17(26)24-14-21-11-12-22(29-21)23(27)25-13-19-9-5-6-10-20(19)16-28-15-18-7-3-2-4-8-18/h2-12H,13-16H2,1H3,(H,24,26)(H,25,27). The third-order valence-corrected chi connectivity index (χ3v) is 5.41. The van der Waals surface area contributed by atoms with Crippen LogP contribution in [-0.2, 0) is 35.8 Å². The maximum Gasteiger partial charge on any atom is 0.261 e. The zero-order chi connectivity index (χ0) is 20.5. The molecule has 2 aromatic carbocycles. The molecule has 3 rings (SSSR count). The Balaban J connectivity index is 1.52. The Labute approximate surface area is 174 Å². The highest BCUT2D eigenvalue weighted by molar-refractivity contribution is 7.14. The Kier molecular flexibility index (Phi) is 7.55. The van der Waals surface area contributed by atoms with E-state index < -0.39 is 0 Å². The summed E-state index contributed by atoms with van der Waals surface area (Å²) < 4.78 is 5.84. The number of hydrogen-bond acceptors (Lipinski definition) is 4. The molecule has 29 heavy (non-hydrogen) atoms. The van der Waals surface area contributed by atoms with Crippen molar-refractivity contribution in [3.8, 4) is 0 Å². The summed E-state index contributed by atoms with van der Waals surface area (Å²) in [5, 5.41) is 5.71. The summed E-state index contributed by atoms with van der Waals surface area (Å²) in [5.41, 5.74) is 3.22. The van der Waals surface area contributed by atoms with Gasteiger partial charge in [0.25, 0.3) is 5.91 Å². The van der Waals surface area contributed by atoms with Gasteiger partial charge in [-0.3, -0.25) is 9.59 Å². The van der Waals surface area contributed by atoms with Crippen LogP contribution >= 0.6 is 11.3 Å². The third kappa shape index (κ3) is 6.55. The van der Waals surface area contributed by atoms with E-state index in [2.05, 4.69) is 10.6 Å². The molecule has 0 spiro atoms. The molecule has 0 aliphatic carbocycles. The molecule has 3 aromatic rings. The molecule has 0 unspecified atom stereocenters. The predicted octanol–water partition coefficient (Wildman–Crippen LogP) is 4.03. The van der Waals surface area contributed by atoms with Gasteiger partial charge in [-0.1, -0.05) is 54.6 Å². The maximum atomic E-state index is 12.5. The maximum absolute atomic E-state index is 12.5. The molecule has 0 aliphatic heterocycles. The van der Waals surface area contributed by atoms with Crippen LogP contribution in [0.4, 0.5) is 0 Å². The molecule has 1 aromatic heterocycles. The van der Waals surface area contributed by atoms with Gasteiger partial charge in [0.15, 0.2) is 0 Å². The lowest BCUT2D eigenvalue weighted by atomic mass is 10.1.